The van der Waals surface area contributed by atoms with Gasteiger partial charge < -0.3 is 0 Å². The van der Waals surface area contributed by atoms with Crippen molar-refractivity contribution in [2.24, 2.45) is 0 Å². The molecular formula is C2Br3N3O. The summed E-state index contributed by atoms with van der Waals surface area (Å²) in [7, 11) is 0. The Labute approximate surface area is 77.6 Å². The minimum atomic E-state index is -0.551. The zero-order valence-electron chi connectivity index (χ0n) is 3.88. The zero-order chi connectivity index (χ0) is 7.44. The Morgan fingerprint density at radius 2 is 1.89 bits per heavy atom. The Morgan fingerprint density at radius 3 is 2.00 bits per heavy atom. The number of hydrogen-bond acceptors (Lipinski definition) is 1. The van der Waals surface area contributed by atoms with E-state index in [0.717, 1.165) is 2.95 Å². The van der Waals surface area contributed by atoms with Gasteiger partial charge in [0.25, 0.3) is 0 Å². The van der Waals surface area contributed by atoms with Crippen LogP contribution >= 0.6 is 48.4 Å². The molecule has 0 radical (unpaired) electrons. The van der Waals surface area contributed by atoms with Crippen molar-refractivity contribution in [1.29, 1.82) is 0 Å². The van der Waals surface area contributed by atoms with E-state index in [1.165, 1.54) is 0 Å². The number of carbonyl (C=O) groups is 1. The fourth-order valence-corrected chi connectivity index (χ4v) is 0.990. The lowest BCUT2D eigenvalue weighted by molar-refractivity contribution is 0.233. The number of hydrogen-bond donors (Lipinski definition) is 0. The number of halogens is 3. The monoisotopic (exact) mass is 319 g/mol. The highest BCUT2D eigenvalue weighted by Crippen LogP contribution is 2.13. The van der Waals surface area contributed by atoms with Crippen molar-refractivity contribution in [2.75, 3.05) is 0 Å². The van der Waals surface area contributed by atoms with Gasteiger partial charge in [0.15, 0.2) is 0 Å². The van der Waals surface area contributed by atoms with Gasteiger partial charge in [0.2, 0.25) is 0 Å². The largest absolute Gasteiger partial charge is 0.419 e. The molecule has 0 heterocycles. The molecule has 0 rings (SSSR count). The molecule has 2 amide bonds. The van der Waals surface area contributed by atoms with Gasteiger partial charge in [0.05, 0.1) is 36.3 Å². The van der Waals surface area contributed by atoms with E-state index >= 15 is 0 Å². The van der Waals surface area contributed by atoms with Crippen molar-refractivity contribution >= 4 is 54.5 Å². The summed E-state index contributed by atoms with van der Waals surface area (Å²) >= 11 is 8.20. The van der Waals surface area contributed by atoms with E-state index in [4.69, 9.17) is 6.57 Å². The van der Waals surface area contributed by atoms with Crippen LogP contribution in [0.3, 0.4) is 0 Å². The first kappa shape index (κ1) is 9.20. The van der Waals surface area contributed by atoms with E-state index < -0.39 is 6.03 Å². The van der Waals surface area contributed by atoms with Crippen LogP contribution in [-0.2, 0) is 0 Å². The molecule has 0 atom stereocenters. The summed E-state index contributed by atoms with van der Waals surface area (Å²) in [6, 6.07) is -0.551. The predicted molar refractivity (Wildman–Crippen MR) is 42.5 cm³/mol. The molecule has 0 aliphatic carbocycles. The lowest BCUT2D eigenvalue weighted by Gasteiger charge is -2.01. The van der Waals surface area contributed by atoms with Crippen LogP contribution in [0.1, 0.15) is 0 Å². The van der Waals surface area contributed by atoms with E-state index in [9.17, 15) is 4.79 Å². The Kier molecular flexibility index (Phi) is 4.18. The average Bonchev–Trinajstić information content (AvgIpc) is 1.84. The van der Waals surface area contributed by atoms with Crippen LogP contribution < -0.4 is 0 Å². The third-order valence-electron chi connectivity index (χ3n) is 0.390. The molecule has 0 aromatic rings. The number of carbonyl (C=O) groups excluding carboxylic acids is 1. The highest BCUT2D eigenvalue weighted by molar-refractivity contribution is 9.21. The molecule has 0 unspecified atom stereocenters. The highest BCUT2D eigenvalue weighted by Gasteiger charge is 2.18. The average molecular weight is 322 g/mol. The Morgan fingerprint density at radius 1 is 1.44 bits per heavy atom. The Hall–Kier alpha value is 0.200. The van der Waals surface area contributed by atoms with Crippen LogP contribution in [0.2, 0.25) is 0 Å². The van der Waals surface area contributed by atoms with Crippen molar-refractivity contribution in [3.8, 4) is 0 Å². The van der Waals surface area contributed by atoms with Crippen molar-refractivity contribution in [3.05, 3.63) is 11.5 Å². The second kappa shape index (κ2) is 4.09. The first-order valence-electron chi connectivity index (χ1n) is 1.58. The molecule has 0 saturated heterocycles. The first-order chi connectivity index (χ1) is 4.09. The van der Waals surface area contributed by atoms with Gasteiger partial charge in [-0.05, 0) is 0 Å². The van der Waals surface area contributed by atoms with Crippen LogP contribution in [0, 0.1) is 6.57 Å². The number of amides is 2. The Bertz CT molecular complexity index is 152. The number of rotatable bonds is 0. The van der Waals surface area contributed by atoms with Gasteiger partial charge in [-0.25, -0.2) is 4.79 Å². The highest BCUT2D eigenvalue weighted by atomic mass is 79.9. The van der Waals surface area contributed by atoms with E-state index in [2.05, 4.69) is 53.4 Å². The molecule has 9 heavy (non-hydrogen) atoms. The third-order valence-corrected chi connectivity index (χ3v) is 1.46. The summed E-state index contributed by atoms with van der Waals surface area (Å²) < 4.78 is 1.59. The molecule has 0 bridgehead atoms. The maximum Gasteiger partial charge on any atom is 0.419 e. The van der Waals surface area contributed by atoms with Gasteiger partial charge in [-0.15, -0.1) is 4.95 Å². The summed E-state index contributed by atoms with van der Waals surface area (Å²) in [4.78, 5) is 13.3. The third kappa shape index (κ3) is 3.03. The normalized spacial score (nSPS) is 7.78. The minimum Gasteiger partial charge on any atom is -0.238 e. The summed E-state index contributed by atoms with van der Waals surface area (Å²) in [6.07, 6.45) is 0. The fourth-order valence-electron chi connectivity index (χ4n) is 0.105. The van der Waals surface area contributed by atoms with E-state index in [0.29, 0.717) is 4.03 Å². The molecule has 0 aromatic heterocycles. The van der Waals surface area contributed by atoms with Gasteiger partial charge in [0.1, 0.15) is 16.1 Å². The molecule has 50 valence electrons. The van der Waals surface area contributed by atoms with Crippen LogP contribution in [0.4, 0.5) is 4.79 Å². The van der Waals surface area contributed by atoms with Crippen LogP contribution in [0.5, 0.6) is 0 Å². The predicted octanol–water partition coefficient (Wildman–Crippen LogP) is 2.47. The maximum atomic E-state index is 10.6. The van der Waals surface area contributed by atoms with E-state index in [-0.39, 0.29) is 0 Å². The summed E-state index contributed by atoms with van der Waals surface area (Å²) in [5.74, 6) is 0. The standard InChI is InChI=1S/C2Br3N3O/c1-6-8(5)2(9)7(3)4. The van der Waals surface area contributed by atoms with Crippen molar-refractivity contribution < 1.29 is 4.79 Å². The second-order valence-corrected chi connectivity index (χ2v) is 3.92. The van der Waals surface area contributed by atoms with Crippen LogP contribution in [-0.4, -0.2) is 13.0 Å². The van der Waals surface area contributed by atoms with Crippen LogP contribution in [0.15, 0.2) is 0 Å². The zero-order valence-corrected chi connectivity index (χ0v) is 8.64. The van der Waals surface area contributed by atoms with Crippen molar-refractivity contribution in [3.63, 3.8) is 0 Å². The van der Waals surface area contributed by atoms with Gasteiger partial charge in [-0.1, -0.05) is 0 Å². The summed E-state index contributed by atoms with van der Waals surface area (Å²) in [5.41, 5.74) is 0. The minimum absolute atomic E-state index is 0.551. The molecule has 0 N–H and O–H groups in total. The molecular weight excluding hydrogens is 322 g/mol. The smallest absolute Gasteiger partial charge is 0.238 e. The molecule has 0 aliphatic rings. The summed E-state index contributed by atoms with van der Waals surface area (Å²) in [5, 5.41) is 0. The molecule has 0 spiro atoms. The molecule has 0 saturated carbocycles. The van der Waals surface area contributed by atoms with E-state index in [1.807, 2.05) is 0 Å². The molecule has 0 aromatic carbocycles. The molecule has 0 fully saturated rings. The molecule has 7 heteroatoms. The van der Waals surface area contributed by atoms with Crippen molar-refractivity contribution in [2.45, 2.75) is 0 Å². The fraction of sp³-hybridized carbons (Fsp3) is 0. The quantitative estimate of drug-likeness (QED) is 0.383. The Balaban J connectivity index is 3.92. The number of urea groups is 1. The van der Waals surface area contributed by atoms with E-state index in [1.54, 1.807) is 0 Å². The second-order valence-electron chi connectivity index (χ2n) is 0.876. The van der Waals surface area contributed by atoms with Gasteiger partial charge in [0, 0.05) is 0 Å². The van der Waals surface area contributed by atoms with Crippen LogP contribution in [0.25, 0.3) is 4.95 Å². The lowest BCUT2D eigenvalue weighted by atomic mass is 11.1. The maximum absolute atomic E-state index is 10.6. The SMILES string of the molecule is [C-]#[N+]N(Br)C(=O)N(Br)Br. The van der Waals surface area contributed by atoms with Gasteiger partial charge in [-0.3, -0.25) is 0 Å². The molecule has 4 nitrogen and oxygen atoms in total. The lowest BCUT2D eigenvalue weighted by Crippen LogP contribution is -2.19. The molecule has 0 aliphatic heterocycles. The van der Waals surface area contributed by atoms with Gasteiger partial charge in [-0.2, -0.15) is 9.52 Å². The van der Waals surface area contributed by atoms with Gasteiger partial charge >= 0.3 is 6.03 Å². The van der Waals surface area contributed by atoms with Crippen molar-refractivity contribution in [1.82, 2.24) is 6.99 Å². The summed E-state index contributed by atoms with van der Waals surface area (Å²) in [6.45, 7) is 6.35. The topological polar surface area (TPSA) is 27.9 Å². The first-order valence-corrected chi connectivity index (χ1v) is 3.71. The number of nitrogens with zero attached hydrogens (tertiary/aromatic N) is 3.